The molecule has 0 spiro atoms. The molecule has 0 saturated carbocycles. The zero-order valence-corrected chi connectivity index (χ0v) is 16.4. The molecule has 2 aromatic carbocycles. The number of rotatable bonds is 4. The maximum atomic E-state index is 9.07. The molecule has 2 heterocycles. The highest BCUT2D eigenvalue weighted by atomic mass is 79.9. The van der Waals surface area contributed by atoms with E-state index in [1.165, 1.54) is 0 Å². The lowest BCUT2D eigenvalue weighted by Crippen LogP contribution is -2.07. The van der Waals surface area contributed by atoms with E-state index in [0.717, 1.165) is 27.1 Å². The summed E-state index contributed by atoms with van der Waals surface area (Å²) in [7, 11) is 0. The average molecular weight is 439 g/mol. The molecular weight excluding hydrogens is 426 g/mol. The normalized spacial score (nSPS) is 10.7. The molecule has 4 aromatic rings. The van der Waals surface area contributed by atoms with Gasteiger partial charge in [-0.1, -0.05) is 41.9 Å². The molecule has 0 amide bonds. The van der Waals surface area contributed by atoms with Crippen molar-refractivity contribution in [1.82, 2.24) is 14.6 Å². The van der Waals surface area contributed by atoms with Gasteiger partial charge in [-0.15, -0.1) is 0 Å². The fraction of sp³-hybridized carbons (Fsp3) is 0.0500. The summed E-state index contributed by atoms with van der Waals surface area (Å²) in [5.41, 5.74) is 3.94. The van der Waals surface area contributed by atoms with Gasteiger partial charge in [-0.3, -0.25) is 0 Å². The van der Waals surface area contributed by atoms with Crippen LogP contribution in [0, 0.1) is 11.3 Å². The molecule has 0 atom stereocenters. The first-order valence-corrected chi connectivity index (χ1v) is 9.35. The molecule has 27 heavy (non-hydrogen) atoms. The first-order chi connectivity index (χ1) is 13.2. The summed E-state index contributed by atoms with van der Waals surface area (Å²) in [6.07, 6.45) is 1.71. The van der Waals surface area contributed by atoms with Gasteiger partial charge in [0, 0.05) is 23.2 Å². The lowest BCUT2D eigenvalue weighted by molar-refractivity contribution is 0.927. The summed E-state index contributed by atoms with van der Waals surface area (Å²) in [6, 6.07) is 19.2. The van der Waals surface area contributed by atoms with Crippen molar-refractivity contribution in [3.63, 3.8) is 0 Å². The van der Waals surface area contributed by atoms with E-state index in [4.69, 9.17) is 21.8 Å². The number of nitriles is 1. The number of hydrogen-bond acceptors (Lipinski definition) is 4. The van der Waals surface area contributed by atoms with E-state index in [1.807, 2.05) is 48.5 Å². The van der Waals surface area contributed by atoms with Crippen LogP contribution >= 0.6 is 27.5 Å². The van der Waals surface area contributed by atoms with Crippen molar-refractivity contribution in [2.45, 2.75) is 6.54 Å². The summed E-state index contributed by atoms with van der Waals surface area (Å²) in [4.78, 5) is 4.69. The summed E-state index contributed by atoms with van der Waals surface area (Å²) in [5.74, 6) is 0.781. The van der Waals surface area contributed by atoms with Crippen molar-refractivity contribution < 1.29 is 0 Å². The van der Waals surface area contributed by atoms with E-state index in [2.05, 4.69) is 32.4 Å². The Balaban J connectivity index is 1.75. The van der Waals surface area contributed by atoms with Gasteiger partial charge >= 0.3 is 0 Å². The van der Waals surface area contributed by atoms with Crippen molar-refractivity contribution in [3.8, 4) is 17.3 Å². The van der Waals surface area contributed by atoms with E-state index in [0.29, 0.717) is 22.8 Å². The first kappa shape index (κ1) is 17.5. The Morgan fingerprint density at radius 3 is 2.81 bits per heavy atom. The maximum Gasteiger partial charge on any atom is 0.172 e. The van der Waals surface area contributed by atoms with Gasteiger partial charge in [0.15, 0.2) is 5.65 Å². The van der Waals surface area contributed by atoms with E-state index in [1.54, 1.807) is 16.8 Å². The minimum Gasteiger partial charge on any atom is -0.366 e. The standard InChI is InChI=1S/C20H13BrClN5/c21-16-12-25-27-19(24-11-14-5-3-4-13(8-14)10-23)9-18(26-20(16)27)15-6-1-2-7-17(15)22/h1-9,12,24H,11H2. The molecule has 7 heteroatoms. The molecule has 5 nitrogen and oxygen atoms in total. The number of nitrogens with one attached hydrogen (secondary N) is 1. The van der Waals surface area contributed by atoms with Crippen molar-refractivity contribution in [3.05, 3.63) is 81.4 Å². The third kappa shape index (κ3) is 3.52. The molecule has 1 N–H and O–H groups in total. The molecule has 2 aromatic heterocycles. The highest BCUT2D eigenvalue weighted by molar-refractivity contribution is 9.10. The predicted octanol–water partition coefficient (Wildman–Crippen LogP) is 5.30. The van der Waals surface area contributed by atoms with E-state index < -0.39 is 0 Å². The molecule has 0 fully saturated rings. The summed E-state index contributed by atoms with van der Waals surface area (Å²) in [6.45, 7) is 0.550. The minimum atomic E-state index is 0.550. The van der Waals surface area contributed by atoms with Gasteiger partial charge in [0.1, 0.15) is 5.82 Å². The SMILES string of the molecule is N#Cc1cccc(CNc2cc(-c3ccccc3Cl)nc3c(Br)cnn23)c1. The Bertz CT molecular complexity index is 1180. The van der Waals surface area contributed by atoms with E-state index >= 15 is 0 Å². The molecule has 0 radical (unpaired) electrons. The first-order valence-electron chi connectivity index (χ1n) is 8.18. The van der Waals surface area contributed by atoms with Crippen LogP contribution in [0.25, 0.3) is 16.9 Å². The quantitative estimate of drug-likeness (QED) is 0.470. The molecule has 0 bridgehead atoms. The fourth-order valence-corrected chi connectivity index (χ4v) is 3.39. The maximum absolute atomic E-state index is 9.07. The second-order valence-corrected chi connectivity index (χ2v) is 7.16. The highest BCUT2D eigenvalue weighted by Gasteiger charge is 2.13. The monoisotopic (exact) mass is 437 g/mol. The van der Waals surface area contributed by atoms with Crippen LogP contribution in [0.2, 0.25) is 5.02 Å². The number of aromatic nitrogens is 3. The molecule has 0 aliphatic heterocycles. The van der Waals surface area contributed by atoms with E-state index in [9.17, 15) is 0 Å². The van der Waals surface area contributed by atoms with Gasteiger partial charge in [-0.2, -0.15) is 14.9 Å². The number of hydrogen-bond donors (Lipinski definition) is 1. The van der Waals surface area contributed by atoms with Crippen molar-refractivity contribution >= 4 is 39.0 Å². The molecule has 0 saturated heterocycles. The molecule has 132 valence electrons. The van der Waals surface area contributed by atoms with Crippen LogP contribution in [0.1, 0.15) is 11.1 Å². The topological polar surface area (TPSA) is 66.0 Å². The second-order valence-electron chi connectivity index (χ2n) is 5.90. The molecule has 4 rings (SSSR count). The van der Waals surface area contributed by atoms with Gasteiger partial charge in [-0.25, -0.2) is 4.98 Å². The number of anilines is 1. The molecule has 0 unspecified atom stereocenters. The smallest absolute Gasteiger partial charge is 0.172 e. The van der Waals surface area contributed by atoms with Crippen LogP contribution in [0.4, 0.5) is 5.82 Å². The van der Waals surface area contributed by atoms with Crippen LogP contribution in [-0.2, 0) is 6.54 Å². The third-order valence-electron chi connectivity index (χ3n) is 4.11. The number of halogens is 2. The minimum absolute atomic E-state index is 0.550. The van der Waals surface area contributed by atoms with Crippen molar-refractivity contribution in [2.75, 3.05) is 5.32 Å². The van der Waals surface area contributed by atoms with Crippen molar-refractivity contribution in [1.29, 1.82) is 5.26 Å². The second kappa shape index (κ2) is 7.39. The van der Waals surface area contributed by atoms with Gasteiger partial charge in [-0.05, 0) is 39.7 Å². The zero-order chi connectivity index (χ0) is 18.8. The van der Waals surface area contributed by atoms with Gasteiger partial charge in [0.25, 0.3) is 0 Å². The Hall–Kier alpha value is -2.88. The van der Waals surface area contributed by atoms with Gasteiger partial charge in [0.2, 0.25) is 0 Å². The van der Waals surface area contributed by atoms with Crippen LogP contribution < -0.4 is 5.32 Å². The molecule has 0 aliphatic rings. The summed E-state index contributed by atoms with van der Waals surface area (Å²) < 4.78 is 2.53. The predicted molar refractivity (Wildman–Crippen MR) is 110 cm³/mol. The highest BCUT2D eigenvalue weighted by Crippen LogP contribution is 2.30. The third-order valence-corrected chi connectivity index (χ3v) is 5.00. The molecule has 0 aliphatic carbocycles. The van der Waals surface area contributed by atoms with Crippen LogP contribution in [0.15, 0.2) is 65.3 Å². The largest absolute Gasteiger partial charge is 0.366 e. The summed E-state index contributed by atoms with van der Waals surface area (Å²) >= 11 is 9.86. The summed E-state index contributed by atoms with van der Waals surface area (Å²) in [5, 5.41) is 17.5. The lowest BCUT2D eigenvalue weighted by Gasteiger charge is -2.12. The lowest BCUT2D eigenvalue weighted by atomic mass is 10.1. The fourth-order valence-electron chi connectivity index (χ4n) is 2.81. The van der Waals surface area contributed by atoms with Crippen LogP contribution in [0.5, 0.6) is 0 Å². The van der Waals surface area contributed by atoms with Crippen molar-refractivity contribution in [2.24, 2.45) is 0 Å². The van der Waals surface area contributed by atoms with Crippen LogP contribution in [0.3, 0.4) is 0 Å². The Morgan fingerprint density at radius 2 is 2.00 bits per heavy atom. The van der Waals surface area contributed by atoms with E-state index in [-0.39, 0.29) is 0 Å². The van der Waals surface area contributed by atoms with Gasteiger partial charge in [0.05, 0.1) is 28.0 Å². The molecular formula is C20H13BrClN5. The number of nitrogens with zero attached hydrogens (tertiary/aromatic N) is 4. The Morgan fingerprint density at radius 1 is 1.15 bits per heavy atom. The Labute approximate surface area is 169 Å². The van der Waals surface area contributed by atoms with Crippen LogP contribution in [-0.4, -0.2) is 14.6 Å². The average Bonchev–Trinajstić information content (AvgIpc) is 3.07. The Kier molecular flexibility index (Phi) is 4.80. The van der Waals surface area contributed by atoms with Gasteiger partial charge < -0.3 is 5.32 Å². The zero-order valence-electron chi connectivity index (χ0n) is 14.0. The number of fused-ring (bicyclic) bond motifs is 1. The number of benzene rings is 2.